The zero-order valence-corrected chi connectivity index (χ0v) is 18.3. The molecule has 0 bridgehead atoms. The van der Waals surface area contributed by atoms with E-state index in [2.05, 4.69) is 10.4 Å². The van der Waals surface area contributed by atoms with Crippen LogP contribution in [-0.2, 0) is 29.0 Å². The largest absolute Gasteiger partial charge is 0.448 e. The summed E-state index contributed by atoms with van der Waals surface area (Å²) in [5.74, 6) is -1.79. The number of amides is 2. The Morgan fingerprint density at radius 3 is 2.70 bits per heavy atom. The van der Waals surface area contributed by atoms with Crippen molar-refractivity contribution in [1.29, 1.82) is 0 Å². The molecule has 11 heteroatoms. The van der Waals surface area contributed by atoms with Crippen LogP contribution < -0.4 is 5.32 Å². The van der Waals surface area contributed by atoms with E-state index in [1.807, 2.05) is 18.4 Å². The van der Waals surface area contributed by atoms with Gasteiger partial charge in [0.2, 0.25) is 5.91 Å². The van der Waals surface area contributed by atoms with Gasteiger partial charge in [-0.05, 0) is 31.7 Å². The zero-order chi connectivity index (χ0) is 21.9. The highest BCUT2D eigenvalue weighted by atomic mass is 32.2. The number of benzene rings is 1. The quantitative estimate of drug-likeness (QED) is 0.511. The van der Waals surface area contributed by atoms with Gasteiger partial charge in [-0.3, -0.25) is 9.59 Å². The summed E-state index contributed by atoms with van der Waals surface area (Å²) < 4.78 is 28.6. The van der Waals surface area contributed by atoms with Crippen molar-refractivity contribution in [3.63, 3.8) is 0 Å². The molecule has 2 amide bonds. The Balaban J connectivity index is 1.65. The third kappa shape index (κ3) is 5.20. The zero-order valence-electron chi connectivity index (χ0n) is 16.7. The van der Waals surface area contributed by atoms with Crippen LogP contribution in [-0.4, -0.2) is 66.8 Å². The number of hydrogen-bond donors (Lipinski definition) is 1. The summed E-state index contributed by atoms with van der Waals surface area (Å²) in [6.07, 6.45) is 1.21. The number of sulfone groups is 1. The molecule has 162 valence electrons. The second-order valence-corrected chi connectivity index (χ2v) is 10.2. The molecule has 2 heterocycles. The predicted molar refractivity (Wildman–Crippen MR) is 113 cm³/mol. The highest BCUT2D eigenvalue weighted by Gasteiger charge is 2.37. The molecule has 0 radical (unpaired) electrons. The Morgan fingerprint density at radius 1 is 1.30 bits per heavy atom. The maximum absolute atomic E-state index is 12.5. The van der Waals surface area contributed by atoms with E-state index in [1.165, 1.54) is 18.7 Å². The molecule has 0 unspecified atom stereocenters. The molecule has 0 spiro atoms. The SMILES string of the molecule is CSc1ccccc1NC(=O)[C@@H](C)OC(=O)C1=NN([C@@H]2CCS(=O)(=O)C2)C(=O)CC1. The first-order valence-electron chi connectivity index (χ1n) is 9.45. The number of thioether (sulfide) groups is 1. The molecule has 1 aromatic carbocycles. The lowest BCUT2D eigenvalue weighted by molar-refractivity contribution is -0.147. The number of carbonyl (C=O) groups is 3. The van der Waals surface area contributed by atoms with Crippen LogP contribution in [0.15, 0.2) is 34.3 Å². The maximum atomic E-state index is 12.5. The normalized spacial score (nSPS) is 21.7. The van der Waals surface area contributed by atoms with Gasteiger partial charge < -0.3 is 10.1 Å². The van der Waals surface area contributed by atoms with Crippen molar-refractivity contribution in [2.75, 3.05) is 23.1 Å². The number of para-hydroxylation sites is 1. The lowest BCUT2D eigenvalue weighted by Gasteiger charge is -2.27. The van der Waals surface area contributed by atoms with Crippen LogP contribution in [0.4, 0.5) is 5.69 Å². The standard InChI is InChI=1S/C19H23N3O6S2/c1-12(18(24)20-14-5-3-4-6-16(14)29-2)28-19(25)15-7-8-17(23)22(21-15)13-9-10-30(26,27)11-13/h3-6,12-13H,7-11H2,1-2H3,(H,20,24)/t12-,13-/m1/s1. The summed E-state index contributed by atoms with van der Waals surface area (Å²) in [5, 5.41) is 7.88. The topological polar surface area (TPSA) is 122 Å². The predicted octanol–water partition coefficient (Wildman–Crippen LogP) is 1.44. The molecular weight excluding hydrogens is 430 g/mol. The van der Waals surface area contributed by atoms with Crippen molar-refractivity contribution in [1.82, 2.24) is 5.01 Å². The Kier molecular flexibility index (Phi) is 6.81. The average molecular weight is 454 g/mol. The van der Waals surface area contributed by atoms with Crippen LogP contribution in [0.5, 0.6) is 0 Å². The monoisotopic (exact) mass is 453 g/mol. The number of hydrogen-bond acceptors (Lipinski definition) is 8. The first-order chi connectivity index (χ1) is 14.2. The number of rotatable bonds is 6. The number of nitrogens with one attached hydrogen (secondary N) is 1. The van der Waals surface area contributed by atoms with Crippen LogP contribution in [0.25, 0.3) is 0 Å². The highest BCUT2D eigenvalue weighted by Crippen LogP contribution is 2.25. The number of ether oxygens (including phenoxy) is 1. The van der Waals surface area contributed by atoms with Gasteiger partial charge in [-0.15, -0.1) is 11.8 Å². The number of hydrazone groups is 1. The van der Waals surface area contributed by atoms with Gasteiger partial charge in [0.1, 0.15) is 5.71 Å². The molecule has 0 aliphatic carbocycles. The second kappa shape index (κ2) is 9.17. The molecule has 0 saturated carbocycles. The minimum absolute atomic E-state index is 0.00284. The van der Waals surface area contributed by atoms with Crippen molar-refractivity contribution >= 4 is 50.8 Å². The van der Waals surface area contributed by atoms with Gasteiger partial charge in [-0.2, -0.15) is 5.10 Å². The van der Waals surface area contributed by atoms with Crippen molar-refractivity contribution in [3.05, 3.63) is 24.3 Å². The molecule has 3 rings (SSSR count). The van der Waals surface area contributed by atoms with E-state index in [1.54, 1.807) is 12.1 Å². The summed E-state index contributed by atoms with van der Waals surface area (Å²) in [6.45, 7) is 1.45. The van der Waals surface area contributed by atoms with Gasteiger partial charge in [-0.1, -0.05) is 12.1 Å². The fraction of sp³-hybridized carbons (Fsp3) is 0.474. The van der Waals surface area contributed by atoms with Crippen molar-refractivity contribution in [2.24, 2.45) is 5.10 Å². The number of nitrogens with zero attached hydrogens (tertiary/aromatic N) is 2. The number of anilines is 1. The smallest absolute Gasteiger partial charge is 0.355 e. The van der Waals surface area contributed by atoms with Crippen molar-refractivity contribution < 1.29 is 27.5 Å². The van der Waals surface area contributed by atoms with E-state index in [4.69, 9.17) is 4.74 Å². The molecule has 1 saturated heterocycles. The summed E-state index contributed by atoms with van der Waals surface area (Å²) in [4.78, 5) is 38.0. The fourth-order valence-electron chi connectivity index (χ4n) is 3.24. The summed E-state index contributed by atoms with van der Waals surface area (Å²) >= 11 is 1.48. The fourth-order valence-corrected chi connectivity index (χ4v) is 5.48. The number of esters is 1. The van der Waals surface area contributed by atoms with Gasteiger partial charge in [-0.25, -0.2) is 18.2 Å². The van der Waals surface area contributed by atoms with Crippen LogP contribution in [0.3, 0.4) is 0 Å². The van der Waals surface area contributed by atoms with E-state index in [-0.39, 0.29) is 42.4 Å². The summed E-state index contributed by atoms with van der Waals surface area (Å²) in [5.41, 5.74) is 0.621. The highest BCUT2D eigenvalue weighted by molar-refractivity contribution is 7.98. The molecule has 2 aliphatic rings. The van der Waals surface area contributed by atoms with Gasteiger partial charge in [0.05, 0.1) is 23.2 Å². The van der Waals surface area contributed by atoms with Gasteiger partial charge >= 0.3 is 5.97 Å². The molecule has 1 aromatic rings. The molecule has 2 aliphatic heterocycles. The van der Waals surface area contributed by atoms with E-state index in [0.717, 1.165) is 9.90 Å². The Hall–Kier alpha value is -2.40. The molecule has 9 nitrogen and oxygen atoms in total. The Labute approximate surface area is 179 Å². The second-order valence-electron chi connectivity index (χ2n) is 7.08. The molecule has 2 atom stereocenters. The molecule has 0 aromatic heterocycles. The van der Waals surface area contributed by atoms with E-state index in [9.17, 15) is 22.8 Å². The molecular formula is C19H23N3O6S2. The maximum Gasteiger partial charge on any atom is 0.355 e. The van der Waals surface area contributed by atoms with Crippen LogP contribution in [0.2, 0.25) is 0 Å². The third-order valence-corrected chi connectivity index (χ3v) is 7.41. The average Bonchev–Trinajstić information content (AvgIpc) is 3.08. The lowest BCUT2D eigenvalue weighted by Crippen LogP contribution is -2.42. The van der Waals surface area contributed by atoms with Crippen LogP contribution in [0.1, 0.15) is 26.2 Å². The summed E-state index contributed by atoms with van der Waals surface area (Å²) in [6, 6.07) is 6.69. The first kappa shape index (κ1) is 22.3. The van der Waals surface area contributed by atoms with Crippen molar-refractivity contribution in [2.45, 2.75) is 43.2 Å². The van der Waals surface area contributed by atoms with Crippen LogP contribution in [0, 0.1) is 0 Å². The van der Waals surface area contributed by atoms with Crippen molar-refractivity contribution in [3.8, 4) is 0 Å². The molecule has 30 heavy (non-hydrogen) atoms. The van der Waals surface area contributed by atoms with Crippen LogP contribution >= 0.6 is 11.8 Å². The van der Waals surface area contributed by atoms with E-state index >= 15 is 0 Å². The van der Waals surface area contributed by atoms with Gasteiger partial charge in [0.15, 0.2) is 15.9 Å². The summed E-state index contributed by atoms with van der Waals surface area (Å²) in [7, 11) is -3.21. The van der Waals surface area contributed by atoms with Gasteiger partial charge in [0, 0.05) is 17.7 Å². The first-order valence-corrected chi connectivity index (χ1v) is 12.5. The molecule has 1 N–H and O–H groups in total. The Morgan fingerprint density at radius 2 is 2.03 bits per heavy atom. The van der Waals surface area contributed by atoms with Gasteiger partial charge in [0.25, 0.3) is 5.91 Å². The number of carbonyl (C=O) groups excluding carboxylic acids is 3. The minimum atomic E-state index is -3.21. The van der Waals surface area contributed by atoms with E-state index < -0.39 is 33.9 Å². The van der Waals surface area contributed by atoms with E-state index in [0.29, 0.717) is 5.69 Å². The minimum Gasteiger partial charge on any atom is -0.448 e. The Bertz CT molecular complexity index is 992. The lowest BCUT2D eigenvalue weighted by atomic mass is 10.1. The third-order valence-electron chi connectivity index (χ3n) is 4.87. The molecule has 1 fully saturated rings.